The quantitative estimate of drug-likeness (QED) is 0.403. The molecule has 0 saturated carbocycles. The third kappa shape index (κ3) is 4.14. The Bertz CT molecular complexity index is 1610. The van der Waals surface area contributed by atoms with Gasteiger partial charge >= 0.3 is 0 Å². The first-order valence-corrected chi connectivity index (χ1v) is 11.8. The fourth-order valence-electron chi connectivity index (χ4n) is 3.68. The number of ether oxygens (including phenoxy) is 1. The molecule has 0 atom stereocenters. The maximum atomic E-state index is 13.6. The van der Waals surface area contributed by atoms with Crippen LogP contribution in [0.3, 0.4) is 0 Å². The summed E-state index contributed by atoms with van der Waals surface area (Å²) in [6.07, 6.45) is 0. The van der Waals surface area contributed by atoms with Gasteiger partial charge in [0.15, 0.2) is 0 Å². The lowest BCUT2D eigenvalue weighted by molar-refractivity contribution is 0.415. The predicted octanol–water partition coefficient (Wildman–Crippen LogP) is 4.55. The molecule has 0 aliphatic heterocycles. The minimum absolute atomic E-state index is 0.00573. The van der Waals surface area contributed by atoms with Gasteiger partial charge in [0.25, 0.3) is 0 Å². The van der Waals surface area contributed by atoms with E-state index in [4.69, 9.17) is 20.0 Å². The number of nitrogens with zero attached hydrogens (tertiary/aromatic N) is 3. The number of methoxy groups -OCH3 is 1. The smallest absolute Gasteiger partial charge is 0.238 e. The van der Waals surface area contributed by atoms with Crippen molar-refractivity contribution in [3.05, 3.63) is 90.7 Å². The highest BCUT2D eigenvalue weighted by Gasteiger charge is 2.16. The molecule has 170 valence electrons. The van der Waals surface area contributed by atoms with Crippen LogP contribution in [0.4, 0.5) is 4.39 Å². The van der Waals surface area contributed by atoms with E-state index in [1.807, 2.05) is 30.3 Å². The zero-order chi connectivity index (χ0) is 23.9. The second-order valence-corrected chi connectivity index (χ2v) is 9.19. The Balaban J connectivity index is 1.67. The normalized spacial score (nSPS) is 11.6. The van der Waals surface area contributed by atoms with Crippen LogP contribution in [0, 0.1) is 5.82 Å². The number of nitrogens with two attached hydrogens (primary N) is 1. The number of hydrogen-bond donors (Lipinski definition) is 1. The summed E-state index contributed by atoms with van der Waals surface area (Å²) in [6.45, 7) is 0. The van der Waals surface area contributed by atoms with E-state index in [0.29, 0.717) is 33.7 Å². The largest absolute Gasteiger partial charge is 0.497 e. The molecule has 0 aliphatic carbocycles. The van der Waals surface area contributed by atoms with Crippen LogP contribution in [0.15, 0.2) is 89.8 Å². The molecule has 3 aromatic carbocycles. The number of primary sulfonamides is 1. The molecule has 7 nitrogen and oxygen atoms in total. The van der Waals surface area contributed by atoms with Crippen LogP contribution < -0.4 is 9.88 Å². The van der Waals surface area contributed by atoms with E-state index >= 15 is 0 Å². The summed E-state index contributed by atoms with van der Waals surface area (Å²) in [6, 6.07) is 23.5. The summed E-state index contributed by atoms with van der Waals surface area (Å²) in [5, 5.41) is 10.7. The molecule has 0 aliphatic rings. The van der Waals surface area contributed by atoms with Crippen molar-refractivity contribution in [1.29, 1.82) is 0 Å². The average molecular weight is 475 g/mol. The van der Waals surface area contributed by atoms with Gasteiger partial charge in [-0.05, 0) is 78.9 Å². The minimum atomic E-state index is -3.82. The first-order valence-electron chi connectivity index (χ1n) is 10.3. The van der Waals surface area contributed by atoms with Gasteiger partial charge in [0.1, 0.15) is 11.6 Å². The van der Waals surface area contributed by atoms with Crippen molar-refractivity contribution in [2.45, 2.75) is 4.90 Å². The first kappa shape index (κ1) is 21.7. The van der Waals surface area contributed by atoms with Gasteiger partial charge in [0, 0.05) is 10.9 Å². The first-order chi connectivity index (χ1) is 16.3. The molecule has 34 heavy (non-hydrogen) atoms. The molecule has 2 N–H and O–H groups in total. The molecular formula is C25H19FN4O3S. The van der Waals surface area contributed by atoms with Crippen LogP contribution in [0.25, 0.3) is 39.2 Å². The SMILES string of the molecule is COc1ccc(-c2cc(-c3ccc4cc(F)ccc4n3)n(-c3ccc(S(N)(=O)=O)cc3)n2)cc1. The molecule has 0 saturated heterocycles. The second-order valence-electron chi connectivity index (χ2n) is 7.63. The number of fused-ring (bicyclic) bond motifs is 1. The van der Waals surface area contributed by atoms with Crippen molar-refractivity contribution in [2.24, 2.45) is 5.14 Å². The summed E-state index contributed by atoms with van der Waals surface area (Å²) in [5.74, 6) is 0.397. The van der Waals surface area contributed by atoms with Crippen molar-refractivity contribution in [1.82, 2.24) is 14.8 Å². The fourth-order valence-corrected chi connectivity index (χ4v) is 4.19. The van der Waals surface area contributed by atoms with Crippen LogP contribution in [0.2, 0.25) is 0 Å². The Hall–Kier alpha value is -4.08. The second kappa shape index (κ2) is 8.36. The molecule has 9 heteroatoms. The lowest BCUT2D eigenvalue weighted by Crippen LogP contribution is -2.12. The maximum absolute atomic E-state index is 13.6. The maximum Gasteiger partial charge on any atom is 0.238 e. The number of benzene rings is 3. The number of aromatic nitrogens is 3. The molecule has 0 radical (unpaired) electrons. The van der Waals surface area contributed by atoms with Gasteiger partial charge in [-0.1, -0.05) is 6.07 Å². The Morgan fingerprint density at radius 3 is 2.29 bits per heavy atom. The van der Waals surface area contributed by atoms with Crippen molar-refractivity contribution >= 4 is 20.9 Å². The van der Waals surface area contributed by atoms with E-state index in [2.05, 4.69) is 0 Å². The Morgan fingerprint density at radius 2 is 1.62 bits per heavy atom. The van der Waals surface area contributed by atoms with Crippen molar-refractivity contribution in [2.75, 3.05) is 7.11 Å². The van der Waals surface area contributed by atoms with Gasteiger partial charge in [-0.2, -0.15) is 5.10 Å². The zero-order valence-electron chi connectivity index (χ0n) is 18.0. The van der Waals surface area contributed by atoms with Gasteiger partial charge in [0.2, 0.25) is 10.0 Å². The van der Waals surface area contributed by atoms with E-state index < -0.39 is 10.0 Å². The fraction of sp³-hybridized carbons (Fsp3) is 0.0400. The molecule has 2 aromatic heterocycles. The lowest BCUT2D eigenvalue weighted by Gasteiger charge is -2.09. The number of halogens is 1. The monoisotopic (exact) mass is 474 g/mol. The molecular weight excluding hydrogens is 455 g/mol. The summed E-state index contributed by atoms with van der Waals surface area (Å²) in [4.78, 5) is 4.71. The third-order valence-electron chi connectivity index (χ3n) is 5.42. The molecule has 0 unspecified atom stereocenters. The molecule has 0 bridgehead atoms. The summed E-state index contributed by atoms with van der Waals surface area (Å²) < 4.78 is 43.9. The number of sulfonamides is 1. The van der Waals surface area contributed by atoms with Crippen molar-refractivity contribution in [3.8, 4) is 34.1 Å². The van der Waals surface area contributed by atoms with Gasteiger partial charge in [-0.3, -0.25) is 0 Å². The Morgan fingerprint density at radius 1 is 0.882 bits per heavy atom. The zero-order valence-corrected chi connectivity index (χ0v) is 18.8. The van der Waals surface area contributed by atoms with Crippen molar-refractivity contribution in [3.63, 3.8) is 0 Å². The van der Waals surface area contributed by atoms with Crippen molar-refractivity contribution < 1.29 is 17.5 Å². The molecule has 5 rings (SSSR count). The molecule has 0 fully saturated rings. The summed E-state index contributed by atoms with van der Waals surface area (Å²) >= 11 is 0. The predicted molar refractivity (Wildman–Crippen MR) is 128 cm³/mol. The summed E-state index contributed by atoms with van der Waals surface area (Å²) in [5.41, 5.74) is 4.13. The highest BCUT2D eigenvalue weighted by Crippen LogP contribution is 2.30. The summed E-state index contributed by atoms with van der Waals surface area (Å²) in [7, 11) is -2.22. The highest BCUT2D eigenvalue weighted by molar-refractivity contribution is 7.89. The van der Waals surface area contributed by atoms with Gasteiger partial charge in [-0.15, -0.1) is 0 Å². The molecule has 2 heterocycles. The van der Waals surface area contributed by atoms with Gasteiger partial charge in [0.05, 0.1) is 40.3 Å². The minimum Gasteiger partial charge on any atom is -0.497 e. The van der Waals surface area contributed by atoms with Crippen LogP contribution in [-0.2, 0) is 10.0 Å². The lowest BCUT2D eigenvalue weighted by atomic mass is 10.1. The van der Waals surface area contributed by atoms with E-state index in [9.17, 15) is 12.8 Å². The molecule has 5 aromatic rings. The third-order valence-corrected chi connectivity index (χ3v) is 6.35. The highest BCUT2D eigenvalue weighted by atomic mass is 32.2. The van der Waals surface area contributed by atoms with Crippen LogP contribution in [-0.4, -0.2) is 30.3 Å². The number of hydrogen-bond acceptors (Lipinski definition) is 5. The Labute approximate surface area is 195 Å². The van der Waals surface area contributed by atoms with E-state index in [0.717, 1.165) is 11.3 Å². The topological polar surface area (TPSA) is 100 Å². The number of rotatable bonds is 5. The Kier molecular flexibility index (Phi) is 5.35. The van der Waals surface area contributed by atoms with Crippen LogP contribution in [0.5, 0.6) is 5.75 Å². The van der Waals surface area contributed by atoms with Gasteiger partial charge < -0.3 is 4.74 Å². The number of pyridine rings is 1. The standard InChI is InChI=1S/C25H19FN4O3S/c1-33-20-8-2-16(3-9-20)24-15-25(23-12-4-17-14-18(26)5-13-22(17)28-23)30(29-24)19-6-10-21(11-7-19)34(27,31)32/h2-15H,1H3,(H2,27,31,32). The van der Waals surface area contributed by atoms with E-state index in [-0.39, 0.29) is 10.7 Å². The molecule has 0 spiro atoms. The van der Waals surface area contributed by atoms with Crippen LogP contribution >= 0.6 is 0 Å². The van der Waals surface area contributed by atoms with E-state index in [1.165, 1.54) is 24.3 Å². The van der Waals surface area contributed by atoms with Crippen LogP contribution in [0.1, 0.15) is 0 Å². The molecule has 0 amide bonds. The average Bonchev–Trinajstić information content (AvgIpc) is 3.29. The van der Waals surface area contributed by atoms with E-state index in [1.54, 1.807) is 42.1 Å². The van der Waals surface area contributed by atoms with Gasteiger partial charge in [-0.25, -0.2) is 27.6 Å².